The average molecular weight is 277 g/mol. The Labute approximate surface area is 112 Å². The number of anilines is 1. The highest BCUT2D eigenvalue weighted by molar-refractivity contribution is 6.52. The third kappa shape index (κ3) is 1.87. The highest BCUT2D eigenvalue weighted by Crippen LogP contribution is 2.30. The number of Topliss-reactive ketones (excluding diaryl/α,β-unsaturated/α-hetero) is 1. The summed E-state index contributed by atoms with van der Waals surface area (Å²) < 4.78 is 28.1. The van der Waals surface area contributed by atoms with E-state index in [0.717, 1.165) is 17.0 Å². The van der Waals surface area contributed by atoms with Crippen LogP contribution in [0.3, 0.4) is 0 Å². The van der Waals surface area contributed by atoms with Crippen molar-refractivity contribution < 1.29 is 18.4 Å². The maximum Gasteiger partial charge on any atom is 0.299 e. The van der Waals surface area contributed by atoms with Crippen LogP contribution in [0, 0.1) is 11.6 Å². The van der Waals surface area contributed by atoms with Gasteiger partial charge in [-0.2, -0.15) is 0 Å². The molecular weight excluding hydrogens is 268 g/mol. The van der Waals surface area contributed by atoms with Crippen LogP contribution in [0.2, 0.25) is 0 Å². The average Bonchev–Trinajstić information content (AvgIpc) is 3.00. The molecule has 102 valence electrons. The van der Waals surface area contributed by atoms with Crippen LogP contribution in [0.1, 0.15) is 10.4 Å². The Kier molecular flexibility index (Phi) is 2.81. The van der Waals surface area contributed by atoms with Gasteiger partial charge in [-0.3, -0.25) is 9.59 Å². The third-order valence-electron chi connectivity index (χ3n) is 3.15. The van der Waals surface area contributed by atoms with Gasteiger partial charge >= 0.3 is 0 Å². The normalized spacial score (nSPS) is 14.0. The van der Waals surface area contributed by atoms with Gasteiger partial charge in [-0.05, 0) is 6.07 Å². The van der Waals surface area contributed by atoms with Crippen LogP contribution in [0.15, 0.2) is 30.9 Å². The highest BCUT2D eigenvalue weighted by Gasteiger charge is 2.36. The molecule has 0 fully saturated rings. The molecule has 0 saturated carbocycles. The molecule has 0 spiro atoms. The molecule has 1 aliphatic rings. The lowest BCUT2D eigenvalue weighted by Gasteiger charge is -2.16. The number of carbonyl (C=O) groups excluding carboxylic acids is 2. The Morgan fingerprint density at radius 1 is 1.10 bits per heavy atom. The summed E-state index contributed by atoms with van der Waals surface area (Å²) in [4.78, 5) is 28.6. The molecule has 1 amide bonds. The van der Waals surface area contributed by atoms with Gasteiger partial charge in [-0.25, -0.2) is 13.8 Å². The lowest BCUT2D eigenvalue weighted by molar-refractivity contribution is -0.114. The summed E-state index contributed by atoms with van der Waals surface area (Å²) in [6, 6.07) is 1.64. The molecule has 0 unspecified atom stereocenters. The predicted molar refractivity (Wildman–Crippen MR) is 65.3 cm³/mol. The summed E-state index contributed by atoms with van der Waals surface area (Å²) in [7, 11) is 0. The maximum absolute atomic E-state index is 13.3. The SMILES string of the molecule is O=C1C(=O)N(CCn2ccnc2)c2cc(F)c(F)cc21. The first-order valence-corrected chi connectivity index (χ1v) is 5.89. The smallest absolute Gasteiger partial charge is 0.299 e. The third-order valence-corrected chi connectivity index (χ3v) is 3.15. The number of rotatable bonds is 3. The van der Waals surface area contributed by atoms with Gasteiger partial charge in [0.05, 0.1) is 17.6 Å². The predicted octanol–water partition coefficient (Wildman–Crippen LogP) is 1.39. The molecule has 0 atom stereocenters. The Hall–Kier alpha value is -2.57. The first-order valence-electron chi connectivity index (χ1n) is 5.89. The molecule has 7 heteroatoms. The largest absolute Gasteiger partial charge is 0.336 e. The zero-order valence-electron chi connectivity index (χ0n) is 10.2. The molecule has 0 aliphatic carbocycles. The van der Waals surface area contributed by atoms with Crippen molar-refractivity contribution in [2.24, 2.45) is 0 Å². The standard InChI is InChI=1S/C13H9F2N3O2/c14-9-5-8-11(6-10(9)15)18(13(20)12(8)19)4-3-17-2-1-16-7-17/h1-2,5-7H,3-4H2. The van der Waals surface area contributed by atoms with Gasteiger partial charge in [-0.1, -0.05) is 0 Å². The Bertz CT molecular complexity index is 698. The van der Waals surface area contributed by atoms with E-state index in [2.05, 4.69) is 4.98 Å². The van der Waals surface area contributed by atoms with E-state index in [0.29, 0.717) is 6.54 Å². The van der Waals surface area contributed by atoms with E-state index >= 15 is 0 Å². The number of halogens is 2. The van der Waals surface area contributed by atoms with Gasteiger partial charge in [0, 0.05) is 31.5 Å². The van der Waals surface area contributed by atoms with E-state index in [1.807, 2.05) is 0 Å². The Morgan fingerprint density at radius 3 is 2.55 bits per heavy atom. The number of nitrogens with zero attached hydrogens (tertiary/aromatic N) is 3. The first-order chi connectivity index (χ1) is 9.58. The van der Waals surface area contributed by atoms with Crippen LogP contribution in [-0.4, -0.2) is 27.8 Å². The number of benzene rings is 1. The first kappa shape index (κ1) is 12.5. The van der Waals surface area contributed by atoms with E-state index < -0.39 is 23.3 Å². The summed E-state index contributed by atoms with van der Waals surface area (Å²) in [5.41, 5.74) is 0.0125. The number of hydrogen-bond donors (Lipinski definition) is 0. The van der Waals surface area contributed by atoms with Gasteiger partial charge in [0.15, 0.2) is 11.6 Å². The molecule has 0 N–H and O–H groups in total. The minimum Gasteiger partial charge on any atom is -0.336 e. The summed E-state index contributed by atoms with van der Waals surface area (Å²) in [6.07, 6.45) is 4.85. The lowest BCUT2D eigenvalue weighted by atomic mass is 10.1. The second-order valence-corrected chi connectivity index (χ2v) is 4.37. The molecule has 1 aromatic heterocycles. The van der Waals surface area contributed by atoms with Gasteiger partial charge in [0.25, 0.3) is 11.7 Å². The summed E-state index contributed by atoms with van der Waals surface area (Å²) in [6.45, 7) is 0.580. The quantitative estimate of drug-likeness (QED) is 0.797. The van der Waals surface area contributed by atoms with E-state index in [1.54, 1.807) is 23.3 Å². The van der Waals surface area contributed by atoms with E-state index in [9.17, 15) is 18.4 Å². The van der Waals surface area contributed by atoms with Gasteiger partial charge in [0.1, 0.15) is 0 Å². The number of fused-ring (bicyclic) bond motifs is 1. The van der Waals surface area contributed by atoms with Gasteiger partial charge in [0.2, 0.25) is 0 Å². The number of amides is 1. The molecular formula is C13H9F2N3O2. The molecule has 5 nitrogen and oxygen atoms in total. The molecule has 1 aliphatic heterocycles. The fourth-order valence-corrected chi connectivity index (χ4v) is 2.15. The number of ketones is 1. The summed E-state index contributed by atoms with van der Waals surface area (Å²) >= 11 is 0. The molecule has 3 rings (SSSR count). The minimum absolute atomic E-state index is 0.0977. The molecule has 0 saturated heterocycles. The zero-order valence-corrected chi connectivity index (χ0v) is 10.2. The number of imidazole rings is 1. The highest BCUT2D eigenvalue weighted by atomic mass is 19.2. The number of aromatic nitrogens is 2. The topological polar surface area (TPSA) is 55.2 Å². The monoisotopic (exact) mass is 277 g/mol. The lowest BCUT2D eigenvalue weighted by Crippen LogP contribution is -2.32. The van der Waals surface area contributed by atoms with Crippen LogP contribution in [0.4, 0.5) is 14.5 Å². The van der Waals surface area contributed by atoms with Crippen molar-refractivity contribution in [3.63, 3.8) is 0 Å². The van der Waals surface area contributed by atoms with Crippen LogP contribution in [0.25, 0.3) is 0 Å². The fraction of sp³-hybridized carbons (Fsp3) is 0.154. The van der Waals surface area contributed by atoms with Crippen molar-refractivity contribution in [2.45, 2.75) is 6.54 Å². The van der Waals surface area contributed by atoms with Crippen molar-refractivity contribution in [2.75, 3.05) is 11.4 Å². The van der Waals surface area contributed by atoms with Crippen LogP contribution in [0.5, 0.6) is 0 Å². The Morgan fingerprint density at radius 2 is 1.85 bits per heavy atom. The number of hydrogen-bond acceptors (Lipinski definition) is 3. The van der Waals surface area contributed by atoms with Crippen molar-refractivity contribution in [1.29, 1.82) is 0 Å². The molecule has 2 aromatic rings. The Balaban J connectivity index is 1.91. The maximum atomic E-state index is 13.3. The van der Waals surface area contributed by atoms with Gasteiger partial charge in [-0.15, -0.1) is 0 Å². The molecule has 2 heterocycles. The van der Waals surface area contributed by atoms with Crippen molar-refractivity contribution >= 4 is 17.4 Å². The van der Waals surface area contributed by atoms with E-state index in [-0.39, 0.29) is 17.8 Å². The minimum atomic E-state index is -1.14. The van der Waals surface area contributed by atoms with Crippen molar-refractivity contribution in [3.05, 3.63) is 48.1 Å². The molecule has 0 bridgehead atoms. The fourth-order valence-electron chi connectivity index (χ4n) is 2.15. The molecule has 1 aromatic carbocycles. The van der Waals surface area contributed by atoms with Crippen LogP contribution in [-0.2, 0) is 11.3 Å². The summed E-state index contributed by atoms with van der Waals surface area (Å²) in [5, 5.41) is 0. The second kappa shape index (κ2) is 4.52. The summed E-state index contributed by atoms with van der Waals surface area (Å²) in [5.74, 6) is -3.81. The second-order valence-electron chi connectivity index (χ2n) is 4.37. The zero-order chi connectivity index (χ0) is 14.3. The molecule has 0 radical (unpaired) electrons. The van der Waals surface area contributed by atoms with E-state index in [1.165, 1.54) is 0 Å². The van der Waals surface area contributed by atoms with Crippen molar-refractivity contribution in [3.8, 4) is 0 Å². The number of carbonyl (C=O) groups is 2. The van der Waals surface area contributed by atoms with Crippen LogP contribution < -0.4 is 4.90 Å². The van der Waals surface area contributed by atoms with E-state index in [4.69, 9.17) is 0 Å². The van der Waals surface area contributed by atoms with Crippen molar-refractivity contribution in [1.82, 2.24) is 9.55 Å². The molecule has 20 heavy (non-hydrogen) atoms. The van der Waals surface area contributed by atoms with Gasteiger partial charge < -0.3 is 9.47 Å². The van der Waals surface area contributed by atoms with Crippen LogP contribution >= 0.6 is 0 Å².